The largest absolute Gasteiger partial charge is 0.493 e. The summed E-state index contributed by atoms with van der Waals surface area (Å²) in [5, 5.41) is 4.05. The van der Waals surface area contributed by atoms with E-state index in [0.717, 1.165) is 37.7 Å². The Morgan fingerprint density at radius 3 is 2.62 bits per heavy atom. The van der Waals surface area contributed by atoms with Gasteiger partial charge in [-0.1, -0.05) is 6.07 Å². The Hall–Kier alpha value is -2.67. The molecule has 2 aromatic heterocycles. The summed E-state index contributed by atoms with van der Waals surface area (Å²) in [6, 6.07) is 5.80. The van der Waals surface area contributed by atoms with Gasteiger partial charge in [-0.2, -0.15) is 0 Å². The number of aromatic nitrogens is 2. The first-order chi connectivity index (χ1) is 14.0. The van der Waals surface area contributed by atoms with Crippen LogP contribution in [0.3, 0.4) is 0 Å². The summed E-state index contributed by atoms with van der Waals surface area (Å²) < 4.78 is 10.6. The van der Waals surface area contributed by atoms with Crippen molar-refractivity contribution >= 4 is 27.5 Å². The van der Waals surface area contributed by atoms with Crippen LogP contribution in [0, 0.1) is 13.8 Å². The van der Waals surface area contributed by atoms with Crippen molar-refractivity contribution in [1.29, 1.82) is 0 Å². The number of ether oxygens (including phenoxy) is 2. The van der Waals surface area contributed by atoms with Crippen molar-refractivity contribution in [2.75, 3.05) is 20.8 Å². The van der Waals surface area contributed by atoms with Gasteiger partial charge in [-0.25, -0.2) is 9.97 Å². The number of thiophene rings is 1. The maximum absolute atomic E-state index is 12.8. The van der Waals surface area contributed by atoms with E-state index in [0.29, 0.717) is 30.4 Å². The van der Waals surface area contributed by atoms with E-state index in [2.05, 4.69) is 10.3 Å². The Morgan fingerprint density at radius 1 is 1.17 bits per heavy atom. The number of aryl methyl sites for hydroxylation is 2. The Balaban J connectivity index is 1.46. The molecule has 1 fully saturated rings. The smallest absolute Gasteiger partial charge is 0.261 e. The number of carbonyl (C=O) groups excluding carboxylic acids is 1. The molecular weight excluding hydrogens is 386 g/mol. The number of benzene rings is 1. The summed E-state index contributed by atoms with van der Waals surface area (Å²) in [4.78, 5) is 23.8. The summed E-state index contributed by atoms with van der Waals surface area (Å²) in [5.74, 6) is 2.76. The van der Waals surface area contributed by atoms with Gasteiger partial charge < -0.3 is 14.8 Å². The number of methoxy groups -OCH3 is 2. The van der Waals surface area contributed by atoms with Crippen LogP contribution in [0.15, 0.2) is 18.2 Å². The van der Waals surface area contributed by atoms with E-state index in [4.69, 9.17) is 14.5 Å². The third-order valence-electron chi connectivity index (χ3n) is 5.28. The number of nitrogens with one attached hydrogen (secondary N) is 1. The number of rotatable bonds is 7. The monoisotopic (exact) mass is 411 g/mol. The first kappa shape index (κ1) is 19.6. The van der Waals surface area contributed by atoms with Crippen molar-refractivity contribution in [3.8, 4) is 11.5 Å². The van der Waals surface area contributed by atoms with Gasteiger partial charge in [-0.15, -0.1) is 11.3 Å². The molecule has 0 atom stereocenters. The zero-order valence-electron chi connectivity index (χ0n) is 17.2. The molecule has 1 amide bonds. The lowest BCUT2D eigenvalue weighted by atomic mass is 10.1. The van der Waals surface area contributed by atoms with E-state index in [1.165, 1.54) is 24.2 Å². The fourth-order valence-electron chi connectivity index (χ4n) is 3.54. The normalized spacial score (nSPS) is 13.5. The van der Waals surface area contributed by atoms with Crippen LogP contribution in [-0.2, 0) is 6.42 Å². The van der Waals surface area contributed by atoms with Gasteiger partial charge in [0.05, 0.1) is 24.8 Å². The summed E-state index contributed by atoms with van der Waals surface area (Å²) in [7, 11) is 3.23. The second kappa shape index (κ2) is 7.99. The molecule has 0 bridgehead atoms. The van der Waals surface area contributed by atoms with Crippen LogP contribution >= 0.6 is 11.3 Å². The first-order valence-corrected chi connectivity index (χ1v) is 10.6. The number of fused-ring (bicyclic) bond motifs is 1. The maximum Gasteiger partial charge on any atom is 0.261 e. The van der Waals surface area contributed by atoms with Gasteiger partial charge in [0.25, 0.3) is 5.91 Å². The molecule has 4 rings (SSSR count). The predicted octanol–water partition coefficient (Wildman–Crippen LogP) is 4.18. The predicted molar refractivity (Wildman–Crippen MR) is 114 cm³/mol. The van der Waals surface area contributed by atoms with Gasteiger partial charge in [0, 0.05) is 17.8 Å². The lowest BCUT2D eigenvalue weighted by Crippen LogP contribution is -2.25. The molecule has 6 nitrogen and oxygen atoms in total. The molecule has 29 heavy (non-hydrogen) atoms. The Kier molecular flexibility index (Phi) is 5.41. The van der Waals surface area contributed by atoms with E-state index in [1.807, 2.05) is 32.0 Å². The molecule has 0 radical (unpaired) electrons. The number of hydrogen-bond acceptors (Lipinski definition) is 6. The lowest BCUT2D eigenvalue weighted by molar-refractivity contribution is 0.0957. The van der Waals surface area contributed by atoms with Crippen LogP contribution in [0.4, 0.5) is 0 Å². The third kappa shape index (κ3) is 3.92. The van der Waals surface area contributed by atoms with Crippen LogP contribution in [0.1, 0.15) is 51.1 Å². The number of hydrogen-bond donors (Lipinski definition) is 1. The molecule has 152 valence electrons. The fourth-order valence-corrected chi connectivity index (χ4v) is 4.69. The van der Waals surface area contributed by atoms with Gasteiger partial charge in [-0.3, -0.25) is 4.79 Å². The second-order valence-electron chi connectivity index (χ2n) is 7.37. The Morgan fingerprint density at radius 2 is 1.93 bits per heavy atom. The fraction of sp³-hybridized carbons (Fsp3) is 0.409. The van der Waals surface area contributed by atoms with E-state index < -0.39 is 0 Å². The maximum atomic E-state index is 12.8. The SMILES string of the molecule is COc1ccc(CCNC(=O)c2sc3nc(C4CC4)nc(C)c3c2C)cc1OC. The van der Waals surface area contributed by atoms with Crippen molar-refractivity contribution in [3.05, 3.63) is 45.7 Å². The standard InChI is InChI=1S/C22H25N3O3S/c1-12-18-13(2)24-20(15-6-7-15)25-22(18)29-19(12)21(26)23-10-9-14-5-8-16(27-3)17(11-14)28-4/h5,8,11,15H,6-7,9-10H2,1-4H3,(H,23,26). The highest BCUT2D eigenvalue weighted by atomic mass is 32.1. The average Bonchev–Trinajstić information content (AvgIpc) is 3.51. The quantitative estimate of drug-likeness (QED) is 0.631. The average molecular weight is 412 g/mol. The number of amides is 1. The van der Waals surface area contributed by atoms with Crippen LogP contribution in [-0.4, -0.2) is 36.6 Å². The van der Waals surface area contributed by atoms with Crippen molar-refractivity contribution in [2.45, 2.75) is 39.0 Å². The summed E-state index contributed by atoms with van der Waals surface area (Å²) in [5.41, 5.74) is 3.01. The Labute approximate surface area is 174 Å². The molecule has 1 aliphatic carbocycles. The van der Waals surface area contributed by atoms with Gasteiger partial charge in [-0.05, 0) is 56.4 Å². The second-order valence-corrected chi connectivity index (χ2v) is 8.37. The van der Waals surface area contributed by atoms with Crippen molar-refractivity contribution in [1.82, 2.24) is 15.3 Å². The van der Waals surface area contributed by atoms with Crippen LogP contribution in [0.2, 0.25) is 0 Å². The molecule has 0 aliphatic heterocycles. The van der Waals surface area contributed by atoms with Crippen LogP contribution in [0.25, 0.3) is 10.2 Å². The minimum absolute atomic E-state index is 0.0571. The van der Waals surface area contributed by atoms with Gasteiger partial charge in [0.1, 0.15) is 10.7 Å². The highest BCUT2D eigenvalue weighted by Gasteiger charge is 2.28. The molecule has 1 aliphatic rings. The molecule has 1 aromatic carbocycles. The molecule has 7 heteroatoms. The molecule has 3 aromatic rings. The highest BCUT2D eigenvalue weighted by Crippen LogP contribution is 2.40. The minimum atomic E-state index is -0.0571. The van der Waals surface area contributed by atoms with E-state index in [1.54, 1.807) is 14.2 Å². The Bertz CT molecular complexity index is 1070. The minimum Gasteiger partial charge on any atom is -0.493 e. The summed E-state index contributed by atoms with van der Waals surface area (Å²) >= 11 is 1.46. The van der Waals surface area contributed by atoms with Gasteiger partial charge >= 0.3 is 0 Å². The molecular formula is C22H25N3O3S. The molecule has 0 unspecified atom stereocenters. The molecule has 0 spiro atoms. The van der Waals surface area contributed by atoms with E-state index in [-0.39, 0.29) is 5.91 Å². The molecule has 1 saturated carbocycles. The summed E-state index contributed by atoms with van der Waals surface area (Å²) in [6.45, 7) is 4.53. The highest BCUT2D eigenvalue weighted by molar-refractivity contribution is 7.20. The van der Waals surface area contributed by atoms with Crippen LogP contribution < -0.4 is 14.8 Å². The van der Waals surface area contributed by atoms with E-state index in [9.17, 15) is 4.79 Å². The van der Waals surface area contributed by atoms with Crippen molar-refractivity contribution in [3.63, 3.8) is 0 Å². The third-order valence-corrected chi connectivity index (χ3v) is 6.47. The topological polar surface area (TPSA) is 73.3 Å². The zero-order chi connectivity index (χ0) is 20.5. The molecule has 1 N–H and O–H groups in total. The van der Waals surface area contributed by atoms with Gasteiger partial charge in [0.15, 0.2) is 11.5 Å². The molecule has 2 heterocycles. The van der Waals surface area contributed by atoms with Crippen molar-refractivity contribution < 1.29 is 14.3 Å². The lowest BCUT2D eigenvalue weighted by Gasteiger charge is -2.10. The summed E-state index contributed by atoms with van der Waals surface area (Å²) in [6.07, 6.45) is 3.04. The van der Waals surface area contributed by atoms with Gasteiger partial charge in [0.2, 0.25) is 0 Å². The van der Waals surface area contributed by atoms with E-state index >= 15 is 0 Å². The molecule has 0 saturated heterocycles. The van der Waals surface area contributed by atoms with Crippen molar-refractivity contribution in [2.24, 2.45) is 0 Å². The number of carbonyl (C=O) groups is 1. The van der Waals surface area contributed by atoms with Crippen LogP contribution in [0.5, 0.6) is 11.5 Å². The zero-order valence-corrected chi connectivity index (χ0v) is 18.0. The first-order valence-electron chi connectivity index (χ1n) is 9.78. The number of nitrogens with zero attached hydrogens (tertiary/aromatic N) is 2.